The summed E-state index contributed by atoms with van der Waals surface area (Å²) in [4.78, 5) is 0. The van der Waals surface area contributed by atoms with Gasteiger partial charge in [0.2, 0.25) is 6.29 Å². The lowest BCUT2D eigenvalue weighted by Crippen LogP contribution is -2.60. The fourth-order valence-electron chi connectivity index (χ4n) is 5.52. The highest BCUT2D eigenvalue weighted by atomic mass is 16.7. The molecular weight excluding hydrogens is 516 g/mol. The van der Waals surface area contributed by atoms with Crippen molar-refractivity contribution in [1.82, 2.24) is 0 Å². The van der Waals surface area contributed by atoms with Crippen LogP contribution in [0, 0.1) is 0 Å². The van der Waals surface area contributed by atoms with Gasteiger partial charge in [-0.15, -0.1) is 0 Å². The summed E-state index contributed by atoms with van der Waals surface area (Å²) >= 11 is 0. The average Bonchev–Trinajstić information content (AvgIpc) is 2.99. The highest BCUT2D eigenvalue weighted by Gasteiger charge is 2.47. The smallest absolute Gasteiger partial charge is 0.228 e. The number of hydrogen-bond acceptors (Lipinski definition) is 6. The predicted octanol–water partition coefficient (Wildman–Crippen LogP) is 9.01. The Bertz CT molecular complexity index is 606. The molecule has 1 aliphatic heterocycles. The van der Waals surface area contributed by atoms with E-state index in [-0.39, 0.29) is 6.61 Å². The van der Waals surface area contributed by atoms with Crippen molar-refractivity contribution in [3.63, 3.8) is 0 Å². The van der Waals surface area contributed by atoms with Crippen molar-refractivity contribution in [3.8, 4) is 0 Å². The van der Waals surface area contributed by atoms with E-state index in [1.54, 1.807) is 6.08 Å². The molecule has 1 saturated heterocycles. The molecule has 0 aromatic carbocycles. The van der Waals surface area contributed by atoms with Crippen LogP contribution < -0.4 is 0 Å². The summed E-state index contributed by atoms with van der Waals surface area (Å²) in [5.74, 6) is 0. The molecule has 6 nitrogen and oxygen atoms in total. The molecule has 1 aliphatic rings. The Morgan fingerprint density at radius 3 is 1.59 bits per heavy atom. The molecule has 41 heavy (non-hydrogen) atoms. The molecule has 6 atom stereocenters. The van der Waals surface area contributed by atoms with Crippen molar-refractivity contribution in [2.75, 3.05) is 19.8 Å². The molecule has 0 amide bonds. The van der Waals surface area contributed by atoms with Gasteiger partial charge in [-0.2, -0.15) is 0 Å². The highest BCUT2D eigenvalue weighted by molar-refractivity contribution is 4.92. The Balaban J connectivity index is 2.45. The minimum atomic E-state index is -1.05. The molecule has 0 aliphatic carbocycles. The number of hydrogen-bond donors (Lipinski definition) is 2. The van der Waals surface area contributed by atoms with Gasteiger partial charge >= 0.3 is 0 Å². The maximum absolute atomic E-state index is 11.0. The third kappa shape index (κ3) is 19.3. The molecule has 1 heterocycles. The molecule has 2 unspecified atom stereocenters. The molecule has 0 spiro atoms. The zero-order valence-electron chi connectivity index (χ0n) is 28.1. The van der Waals surface area contributed by atoms with Gasteiger partial charge in [-0.25, -0.2) is 0 Å². The van der Waals surface area contributed by atoms with Crippen LogP contribution in [-0.2, 0) is 18.9 Å². The number of aliphatic hydroxyl groups excluding tert-OH is 2. The van der Waals surface area contributed by atoms with Crippen LogP contribution in [0.1, 0.15) is 163 Å². The number of allylic oxidation sites excluding steroid dienone is 1. The zero-order chi connectivity index (χ0) is 30.7. The van der Waals surface area contributed by atoms with E-state index < -0.39 is 37.3 Å². The second-order valence-electron chi connectivity index (χ2n) is 11.9. The molecule has 0 saturated carbocycles. The second kappa shape index (κ2) is 28.1. The first-order valence-electron chi connectivity index (χ1n) is 18.1. The Labute approximate surface area is 255 Å². The standard InChI is InChI=1S/C35H68O6/c1-4-7-9-11-13-15-17-18-20-22-24-26-29-39-34-33(32(37)31(30-36)41-35(34)40-27-6-3)38-28-25-23-21-19-16-14-12-10-8-5-2/h6,27,31-37H,4-5,7-26,28-30H2,1-3H3/b27-6+/t31-,32-,33+,34-,35?/m1/s1/i29D/t29?,31-,32-,33+,34-,35?. The Hall–Kier alpha value is -0.660. The molecule has 0 bridgehead atoms. The quantitative estimate of drug-likeness (QED) is 0.0674. The van der Waals surface area contributed by atoms with E-state index in [9.17, 15) is 10.2 Å². The molecule has 0 radical (unpaired) electrons. The zero-order valence-corrected chi connectivity index (χ0v) is 27.1. The van der Waals surface area contributed by atoms with E-state index in [0.29, 0.717) is 13.0 Å². The van der Waals surface area contributed by atoms with Crippen molar-refractivity contribution >= 4 is 0 Å². The van der Waals surface area contributed by atoms with Crippen LogP contribution >= 0.6 is 0 Å². The number of unbranched alkanes of at least 4 members (excludes halogenated alkanes) is 19. The Morgan fingerprint density at radius 1 is 0.659 bits per heavy atom. The van der Waals surface area contributed by atoms with Crippen molar-refractivity contribution in [2.24, 2.45) is 0 Å². The van der Waals surface area contributed by atoms with Crippen LogP contribution in [0.3, 0.4) is 0 Å². The summed E-state index contributed by atoms with van der Waals surface area (Å²) in [6.45, 7) is 5.75. The summed E-state index contributed by atoms with van der Waals surface area (Å²) in [5.41, 5.74) is 0. The van der Waals surface area contributed by atoms with Crippen LogP contribution in [0.5, 0.6) is 0 Å². The third-order valence-electron chi connectivity index (χ3n) is 8.13. The van der Waals surface area contributed by atoms with Gasteiger partial charge in [0, 0.05) is 13.2 Å². The molecule has 0 aromatic rings. The van der Waals surface area contributed by atoms with Crippen LogP contribution in [0.4, 0.5) is 0 Å². The topological polar surface area (TPSA) is 77.4 Å². The molecule has 6 heteroatoms. The summed E-state index contributed by atoms with van der Waals surface area (Å²) in [6, 6.07) is 0. The first-order valence-corrected chi connectivity index (χ1v) is 17.5. The largest absolute Gasteiger partial charge is 0.470 e. The summed E-state index contributed by atoms with van der Waals surface area (Å²) < 4.78 is 32.5. The molecule has 1 fully saturated rings. The van der Waals surface area contributed by atoms with Gasteiger partial charge in [0.05, 0.1) is 14.2 Å². The predicted molar refractivity (Wildman–Crippen MR) is 170 cm³/mol. The third-order valence-corrected chi connectivity index (χ3v) is 8.13. The normalized spacial score (nSPS) is 24.1. The van der Waals surface area contributed by atoms with Gasteiger partial charge < -0.3 is 29.2 Å². The molecule has 2 N–H and O–H groups in total. The van der Waals surface area contributed by atoms with Crippen LogP contribution in [0.2, 0.25) is 0 Å². The van der Waals surface area contributed by atoms with Gasteiger partial charge in [-0.3, -0.25) is 0 Å². The maximum atomic E-state index is 11.0. The van der Waals surface area contributed by atoms with Gasteiger partial charge in [-0.1, -0.05) is 148 Å². The fourth-order valence-corrected chi connectivity index (χ4v) is 5.52. The number of ether oxygens (including phenoxy) is 4. The maximum Gasteiger partial charge on any atom is 0.228 e. The van der Waals surface area contributed by atoms with Gasteiger partial charge in [0.1, 0.15) is 24.4 Å². The van der Waals surface area contributed by atoms with Gasteiger partial charge in [-0.05, 0) is 19.8 Å². The molecule has 244 valence electrons. The number of rotatable bonds is 29. The van der Waals surface area contributed by atoms with Crippen LogP contribution in [0.15, 0.2) is 12.3 Å². The van der Waals surface area contributed by atoms with Crippen LogP contribution in [-0.4, -0.2) is 60.7 Å². The van der Waals surface area contributed by atoms with E-state index in [1.807, 2.05) is 6.92 Å². The first-order chi connectivity index (χ1) is 20.6. The van der Waals surface area contributed by atoms with E-state index in [0.717, 1.165) is 25.7 Å². The lowest BCUT2D eigenvalue weighted by atomic mass is 9.98. The van der Waals surface area contributed by atoms with Crippen molar-refractivity contribution < 1.29 is 30.5 Å². The fraction of sp³-hybridized carbons (Fsp3) is 0.943. The minimum absolute atomic E-state index is 0.343. The summed E-state index contributed by atoms with van der Waals surface area (Å²) in [7, 11) is 0. The van der Waals surface area contributed by atoms with Crippen molar-refractivity contribution in [2.45, 2.75) is 193 Å². The monoisotopic (exact) mass is 586 g/mol. The Kier molecular flexibility index (Phi) is 25.1. The van der Waals surface area contributed by atoms with E-state index in [1.165, 1.54) is 115 Å². The van der Waals surface area contributed by atoms with E-state index >= 15 is 0 Å². The first kappa shape index (κ1) is 36.5. The summed E-state index contributed by atoms with van der Waals surface area (Å²) in [5, 5.41) is 20.8. The molecule has 1 rings (SSSR count). The summed E-state index contributed by atoms with van der Waals surface area (Å²) in [6.07, 6.45) is 26.0. The minimum Gasteiger partial charge on any atom is -0.470 e. The van der Waals surface area contributed by atoms with E-state index in [2.05, 4.69) is 13.8 Å². The van der Waals surface area contributed by atoms with Gasteiger partial charge in [0.15, 0.2) is 0 Å². The second-order valence-corrected chi connectivity index (χ2v) is 11.9. The lowest BCUT2D eigenvalue weighted by molar-refractivity contribution is -0.304. The van der Waals surface area contributed by atoms with Crippen molar-refractivity contribution in [3.05, 3.63) is 12.3 Å². The van der Waals surface area contributed by atoms with Gasteiger partial charge in [0.25, 0.3) is 0 Å². The number of aliphatic hydroxyl groups is 2. The SMILES string of the molecule is [2H]C(CCCCCCCCCCCCC)O[C@H]1C(O/C=C/C)O[C@H](CO)[C@@H](O)[C@@H]1OCCCCCCCCCCCC. The van der Waals surface area contributed by atoms with Crippen molar-refractivity contribution in [1.29, 1.82) is 0 Å². The molecule has 0 aromatic heterocycles. The van der Waals surface area contributed by atoms with E-state index in [4.69, 9.17) is 20.3 Å². The van der Waals surface area contributed by atoms with Crippen LogP contribution in [0.25, 0.3) is 0 Å². The average molecular weight is 586 g/mol. The Morgan fingerprint density at radius 2 is 1.12 bits per heavy atom. The highest BCUT2D eigenvalue weighted by Crippen LogP contribution is 2.28. The molecular formula is C35H68O6. The lowest BCUT2D eigenvalue weighted by Gasteiger charge is -2.43.